The van der Waals surface area contributed by atoms with Crippen molar-refractivity contribution in [3.05, 3.63) is 78.2 Å². The number of aliphatic hydroxyl groups is 1. The number of ether oxygens (including phenoxy) is 2. The minimum Gasteiger partial charge on any atom is -0.462 e. The molecule has 10 heteroatoms. The van der Waals surface area contributed by atoms with Crippen LogP contribution in [0.15, 0.2) is 67.1 Å². The van der Waals surface area contributed by atoms with Gasteiger partial charge in [-0.05, 0) is 31.0 Å². The summed E-state index contributed by atoms with van der Waals surface area (Å²) in [4.78, 5) is 24.5. The van der Waals surface area contributed by atoms with E-state index in [9.17, 15) is 4.79 Å². The number of anilines is 1. The zero-order valence-corrected chi connectivity index (χ0v) is 22.3. The quantitative estimate of drug-likeness (QED) is 0.315. The van der Waals surface area contributed by atoms with Crippen molar-refractivity contribution in [1.82, 2.24) is 24.1 Å². The van der Waals surface area contributed by atoms with Gasteiger partial charge >= 0.3 is 5.97 Å². The number of nitrogens with zero attached hydrogens (tertiary/aromatic N) is 6. The van der Waals surface area contributed by atoms with E-state index in [0.717, 1.165) is 54.2 Å². The molecule has 3 aromatic rings. The summed E-state index contributed by atoms with van der Waals surface area (Å²) in [6.07, 6.45) is 6.41. The first-order valence-corrected chi connectivity index (χ1v) is 12.9. The Morgan fingerprint density at radius 1 is 1.15 bits per heavy atom. The number of carbonyl (C=O) groups is 1. The lowest BCUT2D eigenvalue weighted by atomic mass is 10.1. The van der Waals surface area contributed by atoms with Crippen molar-refractivity contribution >= 4 is 17.4 Å². The molecule has 0 radical (unpaired) electrons. The van der Waals surface area contributed by atoms with E-state index in [2.05, 4.69) is 39.0 Å². The lowest BCUT2D eigenvalue weighted by Gasteiger charge is -2.21. The Labute approximate surface area is 226 Å². The molecule has 1 unspecified atom stereocenters. The van der Waals surface area contributed by atoms with Crippen molar-refractivity contribution in [2.24, 2.45) is 0 Å². The van der Waals surface area contributed by atoms with Gasteiger partial charge in [0.05, 0.1) is 31.1 Å². The molecule has 39 heavy (non-hydrogen) atoms. The molecule has 5 heterocycles. The summed E-state index contributed by atoms with van der Waals surface area (Å²) in [5, 5.41) is 11.5. The van der Waals surface area contributed by atoms with Crippen molar-refractivity contribution in [2.75, 3.05) is 38.9 Å². The van der Waals surface area contributed by atoms with Crippen molar-refractivity contribution < 1.29 is 19.4 Å². The highest BCUT2D eigenvalue weighted by Gasteiger charge is 2.26. The van der Waals surface area contributed by atoms with Gasteiger partial charge in [-0.1, -0.05) is 30.3 Å². The van der Waals surface area contributed by atoms with Crippen molar-refractivity contribution in [3.63, 3.8) is 0 Å². The van der Waals surface area contributed by atoms with E-state index in [0.29, 0.717) is 24.4 Å². The first-order chi connectivity index (χ1) is 19.1. The summed E-state index contributed by atoms with van der Waals surface area (Å²) in [5.74, 6) is 1.26. The number of pyridine rings is 1. The molecule has 1 aromatic carbocycles. The van der Waals surface area contributed by atoms with Crippen LogP contribution in [-0.2, 0) is 16.0 Å². The Balaban J connectivity index is 0.00000151. The van der Waals surface area contributed by atoms with Gasteiger partial charge in [-0.25, -0.2) is 14.8 Å². The summed E-state index contributed by atoms with van der Waals surface area (Å²) in [5.41, 5.74) is 4.57. The highest BCUT2D eigenvalue weighted by molar-refractivity contribution is 5.96. The Morgan fingerprint density at radius 2 is 1.97 bits per heavy atom. The van der Waals surface area contributed by atoms with Gasteiger partial charge in [0.25, 0.3) is 0 Å². The molecule has 0 amide bonds. The first kappa shape index (κ1) is 26.3. The maximum Gasteiger partial charge on any atom is 0.343 e. The molecule has 3 aliphatic rings. The molecule has 1 fully saturated rings. The molecule has 0 aliphatic carbocycles. The number of aliphatic hydroxyl groups excluding tert-OH is 1. The van der Waals surface area contributed by atoms with Crippen LogP contribution in [0.4, 0.5) is 5.82 Å². The summed E-state index contributed by atoms with van der Waals surface area (Å²) < 4.78 is 14.8. The number of hydrogen-bond acceptors (Lipinski definition) is 8. The van der Waals surface area contributed by atoms with Crippen LogP contribution in [0.2, 0.25) is 0 Å². The average Bonchev–Trinajstić information content (AvgIpc) is 3.74. The Kier molecular flexibility index (Phi) is 7.85. The van der Waals surface area contributed by atoms with E-state index in [4.69, 9.17) is 24.5 Å². The van der Waals surface area contributed by atoms with Crippen LogP contribution in [0.25, 0.3) is 28.3 Å². The topological polar surface area (TPSA) is 107 Å². The van der Waals surface area contributed by atoms with Crippen molar-refractivity contribution in [2.45, 2.75) is 25.9 Å². The summed E-state index contributed by atoms with van der Waals surface area (Å²) in [6.45, 7) is 4.17. The molecule has 0 saturated carbocycles. The number of carbonyl (C=O) groups excluding carboxylic acids is 1. The van der Waals surface area contributed by atoms with Crippen LogP contribution in [0.3, 0.4) is 0 Å². The second kappa shape index (κ2) is 11.6. The zero-order valence-electron chi connectivity index (χ0n) is 22.3. The van der Waals surface area contributed by atoms with E-state index in [-0.39, 0.29) is 12.6 Å². The lowest BCUT2D eigenvalue weighted by Crippen LogP contribution is -2.20. The zero-order chi connectivity index (χ0) is 27.4. The van der Waals surface area contributed by atoms with Crippen molar-refractivity contribution in [1.29, 1.82) is 0 Å². The molecule has 0 spiro atoms. The Hall–Kier alpha value is -4.28. The maximum absolute atomic E-state index is 12.7. The first-order valence-electron chi connectivity index (χ1n) is 12.9. The third-order valence-corrected chi connectivity index (χ3v) is 6.78. The van der Waals surface area contributed by atoms with Gasteiger partial charge in [0.15, 0.2) is 5.65 Å². The number of aromatic nitrogens is 5. The fourth-order valence-electron chi connectivity index (χ4n) is 4.95. The minimum atomic E-state index is -0.441. The van der Waals surface area contributed by atoms with Crippen LogP contribution >= 0.6 is 0 Å². The van der Waals surface area contributed by atoms with E-state index in [1.54, 1.807) is 11.4 Å². The molecule has 6 rings (SSSR count). The highest BCUT2D eigenvalue weighted by atomic mass is 16.5. The molecule has 202 valence electrons. The fraction of sp³-hybridized carbons (Fsp3) is 0.310. The number of hydrogen-bond donors (Lipinski definition) is 1. The lowest BCUT2D eigenvalue weighted by molar-refractivity contribution is 0.0528. The minimum absolute atomic E-state index is 0.264. The summed E-state index contributed by atoms with van der Waals surface area (Å²) >= 11 is 0. The van der Waals surface area contributed by atoms with Crippen LogP contribution in [0.1, 0.15) is 35.3 Å². The van der Waals surface area contributed by atoms with Crippen LogP contribution in [-0.4, -0.2) is 69.2 Å². The second-order valence-corrected chi connectivity index (χ2v) is 9.20. The van der Waals surface area contributed by atoms with Crippen LogP contribution < -0.4 is 4.90 Å². The number of esters is 1. The molecule has 1 N–H and O–H groups in total. The molecule has 1 saturated heterocycles. The average molecular weight is 529 g/mol. The largest absolute Gasteiger partial charge is 0.462 e. The van der Waals surface area contributed by atoms with Gasteiger partial charge in [-0.2, -0.15) is 9.61 Å². The second-order valence-electron chi connectivity index (χ2n) is 9.20. The van der Waals surface area contributed by atoms with Gasteiger partial charge in [0.2, 0.25) is 0 Å². The highest BCUT2D eigenvalue weighted by Crippen LogP contribution is 2.37. The van der Waals surface area contributed by atoms with Crippen molar-refractivity contribution in [3.8, 4) is 22.6 Å². The molecule has 0 bridgehead atoms. The third kappa shape index (κ3) is 5.08. The standard InChI is InChI=1S/C28H28N6O3.CH4O/c1-3-37-28(35)23-16-30-34-25(32(2)17-19-8-5-4-6-9-19)14-24(31-27(23)34)22-15-29-26-21(22)10-7-12-33(26)20-11-13-36-18-20;1-2/h4-10,12,14-16,20H,3,11,13,17-18H2,1-2H3;2H,1H3. The van der Waals surface area contributed by atoms with Gasteiger partial charge in [-0.3, -0.25) is 0 Å². The van der Waals surface area contributed by atoms with E-state index < -0.39 is 5.97 Å². The molecule has 10 nitrogen and oxygen atoms in total. The third-order valence-electron chi connectivity index (χ3n) is 6.78. The van der Waals surface area contributed by atoms with Gasteiger partial charge in [-0.15, -0.1) is 0 Å². The Bertz CT molecular complexity index is 1520. The number of fused-ring (bicyclic) bond motifs is 2. The predicted molar refractivity (Wildman–Crippen MR) is 148 cm³/mol. The Morgan fingerprint density at radius 3 is 2.72 bits per heavy atom. The molecular formula is C29H32N6O4. The van der Waals surface area contributed by atoms with E-state index in [1.165, 1.54) is 6.20 Å². The summed E-state index contributed by atoms with van der Waals surface area (Å²) in [7, 11) is 3.01. The predicted octanol–water partition coefficient (Wildman–Crippen LogP) is 4.08. The summed E-state index contributed by atoms with van der Waals surface area (Å²) in [6, 6.07) is 16.6. The molecule has 1 atom stereocenters. The van der Waals surface area contributed by atoms with Gasteiger partial charge in [0, 0.05) is 56.9 Å². The number of benzene rings is 1. The normalized spacial score (nSPS) is 14.8. The van der Waals surface area contributed by atoms with Crippen LogP contribution in [0.5, 0.6) is 0 Å². The maximum atomic E-state index is 12.7. The fourth-order valence-corrected chi connectivity index (χ4v) is 4.95. The van der Waals surface area contributed by atoms with E-state index >= 15 is 0 Å². The molecule has 2 aromatic heterocycles. The monoisotopic (exact) mass is 528 g/mol. The molecule has 3 aliphatic heterocycles. The smallest absolute Gasteiger partial charge is 0.343 e. The van der Waals surface area contributed by atoms with Crippen LogP contribution in [0, 0.1) is 0 Å². The van der Waals surface area contributed by atoms with E-state index in [1.807, 2.05) is 43.6 Å². The molecular weight excluding hydrogens is 496 g/mol. The van der Waals surface area contributed by atoms with Gasteiger partial charge in [0.1, 0.15) is 17.2 Å². The number of rotatable bonds is 7. The SMILES string of the molecule is CCOC(=O)c1cnn2c(N(C)Cc3ccccc3)cc(-c3cnc4n(C5CCOC5)cccc3-4)nc12.CO. The van der Waals surface area contributed by atoms with Gasteiger partial charge < -0.3 is 24.0 Å².